The molecule has 0 unspecified atom stereocenters. The predicted octanol–water partition coefficient (Wildman–Crippen LogP) is 5.96. The fourth-order valence-corrected chi connectivity index (χ4v) is 4.18. The van der Waals surface area contributed by atoms with Gasteiger partial charge in [0.25, 0.3) is 0 Å². The van der Waals surface area contributed by atoms with Gasteiger partial charge in [0.05, 0.1) is 4.88 Å². The lowest BCUT2D eigenvalue weighted by molar-refractivity contribution is 0.103. The van der Waals surface area contributed by atoms with Gasteiger partial charge in [0, 0.05) is 5.57 Å². The molecule has 0 amide bonds. The van der Waals surface area contributed by atoms with Crippen LogP contribution in [0.3, 0.4) is 0 Å². The van der Waals surface area contributed by atoms with Crippen molar-refractivity contribution < 1.29 is 4.79 Å². The molecule has 1 aliphatic carbocycles. The van der Waals surface area contributed by atoms with Gasteiger partial charge >= 0.3 is 0 Å². The Labute approximate surface area is 146 Å². The Bertz CT molecular complexity index is 861. The Morgan fingerprint density at radius 2 is 1.54 bits per heavy atom. The highest BCUT2D eigenvalue weighted by Crippen LogP contribution is 2.44. The lowest BCUT2D eigenvalue weighted by atomic mass is 9.94. The van der Waals surface area contributed by atoms with Gasteiger partial charge in [0.2, 0.25) is 0 Å². The van der Waals surface area contributed by atoms with Crippen molar-refractivity contribution in [1.29, 1.82) is 0 Å². The normalized spacial score (nSPS) is 17.2. The zero-order valence-electron chi connectivity index (χ0n) is 13.3. The van der Waals surface area contributed by atoms with E-state index in [0.717, 1.165) is 23.3 Å². The van der Waals surface area contributed by atoms with Crippen LogP contribution in [-0.4, -0.2) is 5.78 Å². The molecular weight excluding hydrogens is 312 g/mol. The van der Waals surface area contributed by atoms with Crippen molar-refractivity contribution in [3.63, 3.8) is 0 Å². The van der Waals surface area contributed by atoms with Crippen LogP contribution < -0.4 is 0 Å². The van der Waals surface area contributed by atoms with Crippen molar-refractivity contribution in [2.75, 3.05) is 0 Å². The topological polar surface area (TPSA) is 17.1 Å². The van der Waals surface area contributed by atoms with Crippen LogP contribution in [0.4, 0.5) is 0 Å². The van der Waals surface area contributed by atoms with E-state index < -0.39 is 0 Å². The minimum Gasteiger partial charge on any atom is -0.288 e. The van der Waals surface area contributed by atoms with Gasteiger partial charge in [-0.15, -0.1) is 11.3 Å². The molecule has 1 nitrogen and oxygen atoms in total. The molecule has 3 aromatic rings. The van der Waals surface area contributed by atoms with Crippen molar-refractivity contribution in [3.8, 4) is 0 Å². The van der Waals surface area contributed by atoms with Crippen LogP contribution >= 0.6 is 11.3 Å². The summed E-state index contributed by atoms with van der Waals surface area (Å²) in [6.07, 6.45) is 1.76. The lowest BCUT2D eigenvalue weighted by Crippen LogP contribution is -2.02. The zero-order valence-corrected chi connectivity index (χ0v) is 14.1. The van der Waals surface area contributed by atoms with E-state index >= 15 is 0 Å². The largest absolute Gasteiger partial charge is 0.288 e. The standard InChI is InChI=1S/C22H18OS/c23-22(21-12-7-13-24-21)20-15-18(16-8-3-1-4-9-16)14-19(20)17-10-5-2-6-11-17/h1-13,18H,14-15H2/t18-/m1/s1. The van der Waals surface area contributed by atoms with Gasteiger partial charge < -0.3 is 0 Å². The maximum Gasteiger partial charge on any atom is 0.199 e. The second kappa shape index (κ2) is 6.58. The third kappa shape index (κ3) is 2.85. The molecule has 1 aliphatic rings. The maximum atomic E-state index is 13.0. The molecule has 0 spiro atoms. The van der Waals surface area contributed by atoms with Gasteiger partial charge in [0.15, 0.2) is 5.78 Å². The third-order valence-corrected chi connectivity index (χ3v) is 5.55. The summed E-state index contributed by atoms with van der Waals surface area (Å²) in [7, 11) is 0. The average Bonchev–Trinajstić information content (AvgIpc) is 3.33. The lowest BCUT2D eigenvalue weighted by Gasteiger charge is -2.10. The molecule has 1 heterocycles. The summed E-state index contributed by atoms with van der Waals surface area (Å²) >= 11 is 1.53. The van der Waals surface area contributed by atoms with Gasteiger partial charge in [-0.05, 0) is 46.9 Å². The number of benzene rings is 2. The molecule has 0 N–H and O–H groups in total. The Kier molecular flexibility index (Phi) is 4.14. The van der Waals surface area contributed by atoms with E-state index in [1.165, 1.54) is 28.0 Å². The van der Waals surface area contributed by atoms with Gasteiger partial charge in [-0.25, -0.2) is 0 Å². The van der Waals surface area contributed by atoms with E-state index in [4.69, 9.17) is 0 Å². The van der Waals surface area contributed by atoms with Gasteiger partial charge in [-0.1, -0.05) is 66.7 Å². The first-order chi connectivity index (χ1) is 11.8. The molecule has 0 saturated heterocycles. The molecule has 0 fully saturated rings. The molecule has 0 aliphatic heterocycles. The molecule has 0 saturated carbocycles. The van der Waals surface area contributed by atoms with E-state index in [9.17, 15) is 4.79 Å². The number of rotatable bonds is 4. The van der Waals surface area contributed by atoms with Crippen molar-refractivity contribution in [1.82, 2.24) is 0 Å². The number of allylic oxidation sites excluding steroid dienone is 2. The minimum absolute atomic E-state index is 0.197. The van der Waals surface area contributed by atoms with Gasteiger partial charge in [0.1, 0.15) is 0 Å². The van der Waals surface area contributed by atoms with Crippen molar-refractivity contribution >= 4 is 22.7 Å². The van der Waals surface area contributed by atoms with E-state index in [2.05, 4.69) is 36.4 Å². The molecule has 0 radical (unpaired) electrons. The van der Waals surface area contributed by atoms with E-state index in [0.29, 0.717) is 5.92 Å². The fraction of sp³-hybridized carbons (Fsp3) is 0.136. The quantitative estimate of drug-likeness (QED) is 0.539. The van der Waals surface area contributed by atoms with Crippen molar-refractivity contribution in [2.45, 2.75) is 18.8 Å². The van der Waals surface area contributed by atoms with Crippen molar-refractivity contribution in [3.05, 3.63) is 99.8 Å². The number of hydrogen-bond acceptors (Lipinski definition) is 2. The monoisotopic (exact) mass is 330 g/mol. The number of ketones is 1. The van der Waals surface area contributed by atoms with Crippen LogP contribution in [0.15, 0.2) is 83.7 Å². The van der Waals surface area contributed by atoms with Crippen LogP contribution in [0.25, 0.3) is 5.57 Å². The van der Waals surface area contributed by atoms with E-state index in [1.807, 2.05) is 41.8 Å². The Morgan fingerprint density at radius 3 is 2.21 bits per heavy atom. The summed E-state index contributed by atoms with van der Waals surface area (Å²) in [4.78, 5) is 13.9. The Hall–Kier alpha value is -2.45. The molecule has 2 aromatic carbocycles. The highest BCUT2D eigenvalue weighted by atomic mass is 32.1. The first-order valence-electron chi connectivity index (χ1n) is 8.23. The first-order valence-corrected chi connectivity index (χ1v) is 9.11. The maximum absolute atomic E-state index is 13.0. The van der Waals surface area contributed by atoms with E-state index in [1.54, 1.807) is 0 Å². The number of hydrogen-bond donors (Lipinski definition) is 0. The zero-order chi connectivity index (χ0) is 16.4. The fourth-order valence-electron chi connectivity index (χ4n) is 3.49. The second-order valence-corrected chi connectivity index (χ2v) is 7.09. The molecule has 118 valence electrons. The van der Waals surface area contributed by atoms with Gasteiger partial charge in [-0.3, -0.25) is 4.79 Å². The molecule has 2 heteroatoms. The highest BCUT2D eigenvalue weighted by molar-refractivity contribution is 7.12. The van der Waals surface area contributed by atoms with Gasteiger partial charge in [-0.2, -0.15) is 0 Å². The molecule has 1 atom stereocenters. The highest BCUT2D eigenvalue weighted by Gasteiger charge is 2.30. The summed E-state index contributed by atoms with van der Waals surface area (Å²) in [5, 5.41) is 1.97. The molecule has 24 heavy (non-hydrogen) atoms. The molecule has 1 aromatic heterocycles. The summed E-state index contributed by atoms with van der Waals surface area (Å²) in [6.45, 7) is 0. The summed E-state index contributed by atoms with van der Waals surface area (Å²) in [5.74, 6) is 0.586. The Morgan fingerprint density at radius 1 is 0.833 bits per heavy atom. The first kappa shape index (κ1) is 15.1. The van der Waals surface area contributed by atoms with Crippen LogP contribution in [0.2, 0.25) is 0 Å². The minimum atomic E-state index is 0.197. The van der Waals surface area contributed by atoms with Crippen LogP contribution in [0, 0.1) is 0 Å². The number of Topliss-reactive ketones (excluding diaryl/α,β-unsaturated/α-hetero) is 1. The van der Waals surface area contributed by atoms with E-state index in [-0.39, 0.29) is 5.78 Å². The third-order valence-electron chi connectivity index (χ3n) is 4.68. The number of carbonyl (C=O) groups is 1. The molecular formula is C22H18OS. The van der Waals surface area contributed by atoms with Crippen LogP contribution in [-0.2, 0) is 0 Å². The second-order valence-electron chi connectivity index (χ2n) is 6.15. The summed E-state index contributed by atoms with van der Waals surface area (Å²) in [6, 6.07) is 24.8. The van der Waals surface area contributed by atoms with Crippen LogP contribution in [0.1, 0.15) is 39.6 Å². The smallest absolute Gasteiger partial charge is 0.199 e. The predicted molar refractivity (Wildman–Crippen MR) is 100 cm³/mol. The Balaban J connectivity index is 1.74. The average molecular weight is 330 g/mol. The number of carbonyl (C=O) groups excluding carboxylic acids is 1. The van der Waals surface area contributed by atoms with Crippen LogP contribution in [0.5, 0.6) is 0 Å². The summed E-state index contributed by atoms with van der Waals surface area (Å²) in [5.41, 5.74) is 4.69. The molecule has 0 bridgehead atoms. The van der Waals surface area contributed by atoms with Crippen molar-refractivity contribution in [2.24, 2.45) is 0 Å². The summed E-state index contributed by atoms with van der Waals surface area (Å²) < 4.78 is 0. The molecule has 4 rings (SSSR count). The number of thiophene rings is 1. The SMILES string of the molecule is O=C(C1=C(c2ccccc2)C[C@@H](c2ccccc2)C1)c1cccs1.